The number of ether oxygens (including phenoxy) is 1. The molecule has 3 atom stereocenters. The zero-order chi connectivity index (χ0) is 14.7. The molecule has 1 aromatic heterocycles. The van der Waals surface area contributed by atoms with E-state index in [1.807, 2.05) is 5.40 Å². The van der Waals surface area contributed by atoms with Gasteiger partial charge in [0.2, 0.25) is 0 Å². The molecule has 0 spiro atoms. The summed E-state index contributed by atoms with van der Waals surface area (Å²) in [5.74, 6) is 0.144. The van der Waals surface area contributed by atoms with E-state index in [4.69, 9.17) is 15.1 Å². The molecule has 0 bridgehead atoms. The van der Waals surface area contributed by atoms with Gasteiger partial charge in [0, 0.05) is 23.9 Å². The van der Waals surface area contributed by atoms with E-state index in [1.165, 1.54) is 6.20 Å². The van der Waals surface area contributed by atoms with E-state index < -0.39 is 29.7 Å². The summed E-state index contributed by atoms with van der Waals surface area (Å²) in [5, 5.41) is 29.0. The van der Waals surface area contributed by atoms with Crippen molar-refractivity contribution < 1.29 is 14.9 Å². The molecule has 1 unspecified atom stereocenters. The van der Waals surface area contributed by atoms with Gasteiger partial charge < -0.3 is 14.9 Å². The van der Waals surface area contributed by atoms with Crippen LogP contribution in [0.25, 0.3) is 0 Å². The number of nitrogens with zero attached hydrogens (tertiary/aromatic N) is 2. The summed E-state index contributed by atoms with van der Waals surface area (Å²) >= 11 is 0.878. The Bertz CT molecular complexity index is 634. The van der Waals surface area contributed by atoms with Crippen LogP contribution < -0.4 is 11.2 Å². The second-order valence-electron chi connectivity index (χ2n) is 4.32. The monoisotopic (exact) mass is 299 g/mol. The second kappa shape index (κ2) is 6.23. The summed E-state index contributed by atoms with van der Waals surface area (Å²) in [4.78, 5) is 25.5. The van der Waals surface area contributed by atoms with Gasteiger partial charge in [0.15, 0.2) is 0 Å². The molecule has 0 aromatic carbocycles. The Morgan fingerprint density at radius 2 is 2.35 bits per heavy atom. The number of hydrogen-bond donors (Lipinski definition) is 3. The SMILES string of the molecule is N#CSCc1cn([C@@H]2CC(O)[C@H](CO)O2)c(=O)[nH]c1=O. The number of hydrogen-bond acceptors (Lipinski definition) is 7. The highest BCUT2D eigenvalue weighted by Crippen LogP contribution is 2.27. The van der Waals surface area contributed by atoms with E-state index in [-0.39, 0.29) is 24.3 Å². The van der Waals surface area contributed by atoms with E-state index in [0.717, 1.165) is 16.3 Å². The van der Waals surface area contributed by atoms with Crippen LogP contribution in [0.3, 0.4) is 0 Å². The Labute approximate surface area is 117 Å². The van der Waals surface area contributed by atoms with Crippen LogP contribution in [0.1, 0.15) is 18.2 Å². The molecular weight excluding hydrogens is 286 g/mol. The van der Waals surface area contributed by atoms with Crippen molar-refractivity contribution in [3.05, 3.63) is 32.6 Å². The quantitative estimate of drug-likeness (QED) is 0.601. The molecule has 9 heteroatoms. The number of aliphatic hydroxyl groups excluding tert-OH is 2. The lowest BCUT2D eigenvalue weighted by atomic mass is 10.2. The topological polar surface area (TPSA) is 128 Å². The number of aromatic nitrogens is 2. The molecule has 1 aliphatic rings. The molecule has 2 heterocycles. The minimum Gasteiger partial charge on any atom is -0.394 e. The zero-order valence-corrected chi connectivity index (χ0v) is 11.2. The summed E-state index contributed by atoms with van der Waals surface area (Å²) in [6.45, 7) is -0.354. The zero-order valence-electron chi connectivity index (χ0n) is 10.4. The predicted molar refractivity (Wildman–Crippen MR) is 69.9 cm³/mol. The molecular formula is C11H13N3O5S. The van der Waals surface area contributed by atoms with E-state index >= 15 is 0 Å². The van der Waals surface area contributed by atoms with Crippen LogP contribution >= 0.6 is 11.8 Å². The lowest BCUT2D eigenvalue weighted by Crippen LogP contribution is -2.34. The number of nitrogens with one attached hydrogen (secondary N) is 1. The van der Waals surface area contributed by atoms with Crippen molar-refractivity contribution in [3.63, 3.8) is 0 Å². The molecule has 1 aromatic rings. The van der Waals surface area contributed by atoms with Crippen molar-refractivity contribution in [2.45, 2.75) is 30.6 Å². The Morgan fingerprint density at radius 3 is 2.95 bits per heavy atom. The van der Waals surface area contributed by atoms with Gasteiger partial charge in [-0.25, -0.2) is 4.79 Å². The predicted octanol–water partition coefficient (Wildman–Crippen LogP) is -1.11. The number of H-pyrrole nitrogens is 1. The van der Waals surface area contributed by atoms with Crippen molar-refractivity contribution in [2.75, 3.05) is 6.61 Å². The minimum absolute atomic E-state index is 0.141. The average molecular weight is 299 g/mol. The smallest absolute Gasteiger partial charge is 0.330 e. The first-order valence-corrected chi connectivity index (χ1v) is 6.85. The van der Waals surface area contributed by atoms with E-state index in [1.54, 1.807) is 0 Å². The maximum atomic E-state index is 11.8. The van der Waals surface area contributed by atoms with Crippen molar-refractivity contribution in [1.29, 1.82) is 5.26 Å². The van der Waals surface area contributed by atoms with Crippen LogP contribution in [0.4, 0.5) is 0 Å². The summed E-state index contributed by atoms with van der Waals surface area (Å²) in [6, 6.07) is 0. The van der Waals surface area contributed by atoms with Crippen LogP contribution in [0.15, 0.2) is 15.8 Å². The lowest BCUT2D eigenvalue weighted by Gasteiger charge is -2.15. The summed E-state index contributed by atoms with van der Waals surface area (Å²) in [6.07, 6.45) is -0.918. The van der Waals surface area contributed by atoms with Crippen molar-refractivity contribution in [1.82, 2.24) is 9.55 Å². The van der Waals surface area contributed by atoms with Crippen molar-refractivity contribution >= 4 is 11.8 Å². The second-order valence-corrected chi connectivity index (χ2v) is 5.08. The minimum atomic E-state index is -0.874. The van der Waals surface area contributed by atoms with Crippen LogP contribution in [0, 0.1) is 10.7 Å². The Kier molecular flexibility index (Phi) is 4.61. The highest BCUT2D eigenvalue weighted by atomic mass is 32.2. The van der Waals surface area contributed by atoms with Crippen molar-refractivity contribution in [3.8, 4) is 5.40 Å². The first kappa shape index (κ1) is 14.8. The molecule has 1 aliphatic heterocycles. The standard InChI is InChI=1S/C11H13N3O5S/c12-5-20-4-6-2-14(11(18)13-10(6)17)9-1-7(16)8(3-15)19-9/h2,7-9,15-16H,1,3-4H2,(H,13,17,18)/t7?,8-,9-/m0/s1. The van der Waals surface area contributed by atoms with E-state index in [0.29, 0.717) is 0 Å². The first-order valence-electron chi connectivity index (χ1n) is 5.86. The highest BCUT2D eigenvalue weighted by molar-refractivity contribution is 8.02. The molecule has 0 aliphatic carbocycles. The molecule has 108 valence electrons. The van der Waals surface area contributed by atoms with Gasteiger partial charge in [-0.1, -0.05) is 0 Å². The number of rotatable bonds is 4. The molecule has 0 saturated carbocycles. The molecule has 1 fully saturated rings. The summed E-state index contributed by atoms with van der Waals surface area (Å²) in [7, 11) is 0. The highest BCUT2D eigenvalue weighted by Gasteiger charge is 2.35. The van der Waals surface area contributed by atoms with Gasteiger partial charge in [-0.2, -0.15) is 5.26 Å². The maximum absolute atomic E-state index is 11.8. The maximum Gasteiger partial charge on any atom is 0.330 e. The number of aliphatic hydroxyl groups is 2. The van der Waals surface area contributed by atoms with Crippen LogP contribution in [-0.2, 0) is 10.5 Å². The van der Waals surface area contributed by atoms with Gasteiger partial charge in [-0.05, 0) is 11.8 Å². The summed E-state index contributed by atoms with van der Waals surface area (Å²) in [5.41, 5.74) is -0.940. The van der Waals surface area contributed by atoms with Gasteiger partial charge in [-0.3, -0.25) is 14.3 Å². The average Bonchev–Trinajstić information content (AvgIpc) is 2.79. The lowest BCUT2D eigenvalue weighted by molar-refractivity contribution is -0.0459. The first-order chi connectivity index (χ1) is 9.56. The normalized spacial score (nSPS) is 25.6. The molecule has 20 heavy (non-hydrogen) atoms. The molecule has 8 nitrogen and oxygen atoms in total. The number of thiocyanates is 1. The fraction of sp³-hybridized carbons (Fsp3) is 0.545. The third-order valence-corrected chi connectivity index (χ3v) is 3.61. The van der Waals surface area contributed by atoms with Gasteiger partial charge >= 0.3 is 5.69 Å². The van der Waals surface area contributed by atoms with Gasteiger partial charge in [-0.15, -0.1) is 0 Å². The molecule has 0 amide bonds. The van der Waals surface area contributed by atoms with Crippen LogP contribution in [-0.4, -0.2) is 38.6 Å². The molecule has 0 radical (unpaired) electrons. The molecule has 2 rings (SSSR count). The Balaban J connectivity index is 2.31. The largest absolute Gasteiger partial charge is 0.394 e. The summed E-state index contributed by atoms with van der Waals surface area (Å²) < 4.78 is 6.52. The third kappa shape index (κ3) is 2.94. The number of aromatic amines is 1. The van der Waals surface area contributed by atoms with E-state index in [2.05, 4.69) is 4.98 Å². The molecule has 1 saturated heterocycles. The van der Waals surface area contributed by atoms with Crippen molar-refractivity contribution in [2.24, 2.45) is 0 Å². The van der Waals surface area contributed by atoms with Gasteiger partial charge in [0.05, 0.1) is 12.7 Å². The van der Waals surface area contributed by atoms with E-state index in [9.17, 15) is 14.7 Å². The Hall–Kier alpha value is -1.60. The van der Waals surface area contributed by atoms with Crippen LogP contribution in [0.2, 0.25) is 0 Å². The fourth-order valence-electron chi connectivity index (χ4n) is 2.00. The van der Waals surface area contributed by atoms with Gasteiger partial charge in [0.25, 0.3) is 5.56 Å². The van der Waals surface area contributed by atoms with Crippen LogP contribution in [0.5, 0.6) is 0 Å². The molecule has 3 N–H and O–H groups in total. The third-order valence-electron chi connectivity index (χ3n) is 3.03. The van der Waals surface area contributed by atoms with Gasteiger partial charge in [0.1, 0.15) is 17.7 Å². The fourth-order valence-corrected chi connectivity index (χ4v) is 2.43. The Morgan fingerprint density at radius 1 is 1.60 bits per heavy atom. The number of nitriles is 1. The number of thioether (sulfide) groups is 1.